The Kier molecular flexibility index (Phi) is 2.48. The van der Waals surface area contributed by atoms with Gasteiger partial charge in [-0.1, -0.05) is 44.5 Å². The van der Waals surface area contributed by atoms with E-state index in [2.05, 4.69) is 32.9 Å². The summed E-state index contributed by atoms with van der Waals surface area (Å²) in [5.74, 6) is 0. The molecule has 0 fully saturated rings. The zero-order valence-corrected chi connectivity index (χ0v) is 8.87. The lowest BCUT2D eigenvalue weighted by molar-refractivity contribution is 0.590. The second-order valence-corrected chi connectivity index (χ2v) is 4.62. The SMILES string of the molecule is Cc1cc(C(C)(C)C)ccc1Cl. The van der Waals surface area contributed by atoms with Gasteiger partial charge in [0.15, 0.2) is 0 Å². The van der Waals surface area contributed by atoms with Crippen molar-refractivity contribution in [3.63, 3.8) is 0 Å². The fourth-order valence-electron chi connectivity index (χ4n) is 1.11. The lowest BCUT2D eigenvalue weighted by Crippen LogP contribution is -2.10. The van der Waals surface area contributed by atoms with Gasteiger partial charge < -0.3 is 0 Å². The molecular formula is C11H15Cl. The van der Waals surface area contributed by atoms with Crippen LogP contribution in [0.2, 0.25) is 5.02 Å². The van der Waals surface area contributed by atoms with Gasteiger partial charge in [-0.25, -0.2) is 0 Å². The summed E-state index contributed by atoms with van der Waals surface area (Å²) >= 11 is 5.93. The molecule has 1 rings (SSSR count). The molecule has 0 saturated heterocycles. The monoisotopic (exact) mass is 182 g/mol. The van der Waals surface area contributed by atoms with Crippen LogP contribution in [-0.2, 0) is 5.41 Å². The quantitative estimate of drug-likeness (QED) is 0.570. The van der Waals surface area contributed by atoms with Gasteiger partial charge in [-0.05, 0) is 29.5 Å². The van der Waals surface area contributed by atoms with Crippen molar-refractivity contribution >= 4 is 11.6 Å². The van der Waals surface area contributed by atoms with Crippen LogP contribution in [0.4, 0.5) is 0 Å². The molecular weight excluding hydrogens is 168 g/mol. The average molecular weight is 183 g/mol. The number of aryl methyl sites for hydroxylation is 1. The molecule has 0 bridgehead atoms. The van der Waals surface area contributed by atoms with Crippen molar-refractivity contribution < 1.29 is 0 Å². The third-order valence-electron chi connectivity index (χ3n) is 2.02. The van der Waals surface area contributed by atoms with Crippen LogP contribution in [0.25, 0.3) is 0 Å². The summed E-state index contributed by atoms with van der Waals surface area (Å²) in [4.78, 5) is 0. The molecule has 0 spiro atoms. The molecule has 12 heavy (non-hydrogen) atoms. The molecule has 0 aliphatic carbocycles. The summed E-state index contributed by atoms with van der Waals surface area (Å²) in [6.45, 7) is 8.65. The minimum Gasteiger partial charge on any atom is -0.0841 e. The highest BCUT2D eigenvalue weighted by Crippen LogP contribution is 2.25. The maximum Gasteiger partial charge on any atom is 0.0435 e. The highest BCUT2D eigenvalue weighted by atomic mass is 35.5. The Bertz CT molecular complexity index is 282. The van der Waals surface area contributed by atoms with E-state index in [1.165, 1.54) is 5.56 Å². The summed E-state index contributed by atoms with van der Waals surface area (Å²) in [6.07, 6.45) is 0. The summed E-state index contributed by atoms with van der Waals surface area (Å²) in [7, 11) is 0. The summed E-state index contributed by atoms with van der Waals surface area (Å²) in [6, 6.07) is 6.22. The van der Waals surface area contributed by atoms with Crippen LogP contribution in [0, 0.1) is 6.92 Å². The molecule has 1 heteroatoms. The predicted octanol–water partition coefficient (Wildman–Crippen LogP) is 3.95. The first-order valence-corrected chi connectivity index (χ1v) is 4.55. The van der Waals surface area contributed by atoms with Crippen LogP contribution >= 0.6 is 11.6 Å². The molecule has 66 valence electrons. The van der Waals surface area contributed by atoms with Gasteiger partial charge in [-0.2, -0.15) is 0 Å². The maximum atomic E-state index is 5.93. The molecule has 1 aromatic carbocycles. The standard InChI is InChI=1S/C11H15Cl/c1-8-7-9(11(2,3)4)5-6-10(8)12/h5-7H,1-4H3. The van der Waals surface area contributed by atoms with E-state index in [1.807, 2.05) is 13.0 Å². The predicted molar refractivity (Wildman–Crippen MR) is 54.9 cm³/mol. The number of halogens is 1. The molecule has 1 aromatic rings. The first-order chi connectivity index (χ1) is 5.41. The largest absolute Gasteiger partial charge is 0.0841 e. The van der Waals surface area contributed by atoms with E-state index < -0.39 is 0 Å². The van der Waals surface area contributed by atoms with Gasteiger partial charge in [0.1, 0.15) is 0 Å². The number of rotatable bonds is 0. The van der Waals surface area contributed by atoms with Gasteiger partial charge in [0.2, 0.25) is 0 Å². The van der Waals surface area contributed by atoms with Gasteiger partial charge in [0.25, 0.3) is 0 Å². The lowest BCUT2D eigenvalue weighted by atomic mass is 9.86. The van der Waals surface area contributed by atoms with E-state index >= 15 is 0 Å². The van der Waals surface area contributed by atoms with Crippen LogP contribution in [0.1, 0.15) is 31.9 Å². The minimum atomic E-state index is 0.218. The van der Waals surface area contributed by atoms with Crippen molar-refractivity contribution in [2.24, 2.45) is 0 Å². The Balaban J connectivity index is 3.14. The van der Waals surface area contributed by atoms with E-state index in [0.29, 0.717) is 0 Å². The van der Waals surface area contributed by atoms with Crippen molar-refractivity contribution in [3.05, 3.63) is 34.3 Å². The maximum absolute atomic E-state index is 5.93. The molecule has 0 aliphatic heterocycles. The normalized spacial score (nSPS) is 11.8. The Labute approximate surface area is 79.6 Å². The Morgan fingerprint density at radius 2 is 1.75 bits per heavy atom. The molecule has 0 aromatic heterocycles. The fourth-order valence-corrected chi connectivity index (χ4v) is 1.23. The topological polar surface area (TPSA) is 0 Å². The third kappa shape index (κ3) is 2.01. The van der Waals surface area contributed by atoms with Gasteiger partial charge in [0.05, 0.1) is 0 Å². The number of benzene rings is 1. The van der Waals surface area contributed by atoms with E-state index in [4.69, 9.17) is 11.6 Å². The molecule has 0 saturated carbocycles. The molecule has 0 N–H and O–H groups in total. The van der Waals surface area contributed by atoms with Crippen LogP contribution in [0.15, 0.2) is 18.2 Å². The van der Waals surface area contributed by atoms with Crippen molar-refractivity contribution in [1.82, 2.24) is 0 Å². The zero-order chi connectivity index (χ0) is 9.35. The summed E-state index contributed by atoms with van der Waals surface area (Å²) < 4.78 is 0. The van der Waals surface area contributed by atoms with Gasteiger partial charge in [0, 0.05) is 5.02 Å². The molecule has 0 amide bonds. The van der Waals surface area contributed by atoms with Crippen LogP contribution in [0.3, 0.4) is 0 Å². The van der Waals surface area contributed by atoms with Crippen molar-refractivity contribution in [3.8, 4) is 0 Å². The van der Waals surface area contributed by atoms with Crippen molar-refractivity contribution in [2.75, 3.05) is 0 Å². The van der Waals surface area contributed by atoms with Gasteiger partial charge >= 0.3 is 0 Å². The molecule has 0 nitrogen and oxygen atoms in total. The fraction of sp³-hybridized carbons (Fsp3) is 0.455. The van der Waals surface area contributed by atoms with Crippen LogP contribution in [0.5, 0.6) is 0 Å². The molecule has 0 atom stereocenters. The summed E-state index contributed by atoms with van der Waals surface area (Å²) in [5.41, 5.74) is 2.71. The van der Waals surface area contributed by atoms with Crippen molar-refractivity contribution in [2.45, 2.75) is 33.1 Å². The van der Waals surface area contributed by atoms with Gasteiger partial charge in [-0.15, -0.1) is 0 Å². The number of hydrogen-bond acceptors (Lipinski definition) is 0. The number of hydrogen-bond donors (Lipinski definition) is 0. The smallest absolute Gasteiger partial charge is 0.0435 e. The summed E-state index contributed by atoms with van der Waals surface area (Å²) in [5, 5.41) is 0.850. The Morgan fingerprint density at radius 3 is 2.17 bits per heavy atom. The first kappa shape index (κ1) is 9.60. The second-order valence-electron chi connectivity index (χ2n) is 4.21. The van der Waals surface area contributed by atoms with Crippen molar-refractivity contribution in [1.29, 1.82) is 0 Å². The zero-order valence-electron chi connectivity index (χ0n) is 8.11. The van der Waals surface area contributed by atoms with E-state index in [1.54, 1.807) is 0 Å². The lowest BCUT2D eigenvalue weighted by Gasteiger charge is -2.19. The third-order valence-corrected chi connectivity index (χ3v) is 2.45. The Hall–Kier alpha value is -0.490. The van der Waals surface area contributed by atoms with E-state index in [0.717, 1.165) is 10.6 Å². The second kappa shape index (κ2) is 3.10. The molecule has 0 unspecified atom stereocenters. The van der Waals surface area contributed by atoms with Crippen LogP contribution < -0.4 is 0 Å². The average Bonchev–Trinajstić information content (AvgIpc) is 1.92. The highest BCUT2D eigenvalue weighted by Gasteiger charge is 2.13. The van der Waals surface area contributed by atoms with E-state index in [9.17, 15) is 0 Å². The molecule has 0 aliphatic rings. The Morgan fingerprint density at radius 1 is 1.17 bits per heavy atom. The van der Waals surface area contributed by atoms with Crippen LogP contribution in [-0.4, -0.2) is 0 Å². The van der Waals surface area contributed by atoms with Gasteiger partial charge in [-0.3, -0.25) is 0 Å². The minimum absolute atomic E-state index is 0.218. The molecule has 0 radical (unpaired) electrons. The first-order valence-electron chi connectivity index (χ1n) is 4.18. The highest BCUT2D eigenvalue weighted by molar-refractivity contribution is 6.31. The molecule has 0 heterocycles. The van der Waals surface area contributed by atoms with E-state index in [-0.39, 0.29) is 5.41 Å².